The Kier molecular flexibility index (Phi) is 4.06. The number of methoxy groups -OCH3 is 1. The van der Waals surface area contributed by atoms with Gasteiger partial charge in [0.2, 0.25) is 0 Å². The molecule has 5 heteroatoms. The molecule has 3 heterocycles. The summed E-state index contributed by atoms with van der Waals surface area (Å²) >= 11 is 0. The highest BCUT2D eigenvalue weighted by molar-refractivity contribution is 5.89. The lowest BCUT2D eigenvalue weighted by Gasteiger charge is -2.32. The first-order valence-corrected chi connectivity index (χ1v) is 8.40. The van der Waals surface area contributed by atoms with E-state index in [0.29, 0.717) is 12.0 Å². The maximum atomic E-state index is 11.7. The first kappa shape index (κ1) is 15.6. The molecule has 3 aromatic rings. The van der Waals surface area contributed by atoms with Crippen LogP contribution in [0.1, 0.15) is 28.0 Å². The fourth-order valence-electron chi connectivity index (χ4n) is 3.06. The minimum Gasteiger partial charge on any atom is -0.465 e. The number of benzene rings is 1. The minimum absolute atomic E-state index is 0.342. The summed E-state index contributed by atoms with van der Waals surface area (Å²) in [6.07, 6.45) is 5.50. The van der Waals surface area contributed by atoms with Crippen LogP contribution in [0.3, 0.4) is 0 Å². The Bertz CT molecular complexity index is 935. The Labute approximate surface area is 146 Å². The average Bonchev–Trinajstić information content (AvgIpc) is 2.59. The van der Waals surface area contributed by atoms with Gasteiger partial charge in [-0.2, -0.15) is 0 Å². The molecule has 0 aliphatic carbocycles. The van der Waals surface area contributed by atoms with E-state index < -0.39 is 0 Å². The molecular weight excluding hydrogens is 314 g/mol. The molecule has 1 fully saturated rings. The van der Waals surface area contributed by atoms with Crippen LogP contribution in [0.15, 0.2) is 48.8 Å². The van der Waals surface area contributed by atoms with E-state index in [1.165, 1.54) is 19.2 Å². The number of hydrogen-bond donors (Lipinski definition) is 0. The molecular formula is C20H19N3O2. The van der Waals surface area contributed by atoms with Gasteiger partial charge in [-0.25, -0.2) is 4.79 Å². The number of carbonyl (C=O) groups excluding carboxylic acids is 1. The van der Waals surface area contributed by atoms with E-state index in [2.05, 4.69) is 33.1 Å². The molecule has 5 nitrogen and oxygen atoms in total. The summed E-state index contributed by atoms with van der Waals surface area (Å²) in [5.74, 6) is -0.342. The Hall–Kier alpha value is -2.95. The van der Waals surface area contributed by atoms with Crippen LogP contribution in [0.25, 0.3) is 10.9 Å². The molecule has 0 saturated carbocycles. The molecule has 126 valence electrons. The second-order valence-corrected chi connectivity index (χ2v) is 6.27. The van der Waals surface area contributed by atoms with Gasteiger partial charge in [0.25, 0.3) is 0 Å². The van der Waals surface area contributed by atoms with Crippen molar-refractivity contribution in [2.45, 2.75) is 12.8 Å². The molecule has 2 aromatic heterocycles. The fraction of sp³-hybridized carbons (Fsp3) is 0.250. The molecule has 0 radical (unpaired) electrons. The Morgan fingerprint density at radius 2 is 2.04 bits per heavy atom. The number of pyridine rings is 2. The molecule has 0 bridgehead atoms. The fourth-order valence-corrected chi connectivity index (χ4v) is 3.06. The molecule has 0 N–H and O–H groups in total. The Morgan fingerprint density at radius 1 is 1.16 bits per heavy atom. The molecule has 1 aromatic carbocycles. The quantitative estimate of drug-likeness (QED) is 0.686. The lowest BCUT2D eigenvalue weighted by atomic mass is 10.0. The second kappa shape index (κ2) is 6.51. The molecule has 1 aliphatic heterocycles. The van der Waals surface area contributed by atoms with E-state index >= 15 is 0 Å². The highest BCUT2D eigenvalue weighted by atomic mass is 16.5. The number of fused-ring (bicyclic) bond motifs is 1. The third-order valence-electron chi connectivity index (χ3n) is 4.58. The van der Waals surface area contributed by atoms with Gasteiger partial charge in [0.15, 0.2) is 0 Å². The molecule has 4 rings (SSSR count). The summed E-state index contributed by atoms with van der Waals surface area (Å²) in [5, 5.41) is 1.13. The summed E-state index contributed by atoms with van der Waals surface area (Å²) in [4.78, 5) is 22.9. The monoisotopic (exact) mass is 333 g/mol. The zero-order valence-electron chi connectivity index (χ0n) is 14.1. The zero-order valence-corrected chi connectivity index (χ0v) is 14.1. The lowest BCUT2D eigenvalue weighted by Crippen LogP contribution is -2.36. The van der Waals surface area contributed by atoms with Crippen molar-refractivity contribution in [1.82, 2.24) is 9.97 Å². The van der Waals surface area contributed by atoms with E-state index in [9.17, 15) is 4.79 Å². The number of aromatic nitrogens is 2. The highest BCUT2D eigenvalue weighted by Gasteiger charge is 2.15. The van der Waals surface area contributed by atoms with Crippen LogP contribution in [0.5, 0.6) is 0 Å². The van der Waals surface area contributed by atoms with Crippen LogP contribution in [0.2, 0.25) is 0 Å². The number of ether oxygens (including phenoxy) is 1. The molecule has 0 atom stereocenters. The van der Waals surface area contributed by atoms with Crippen LogP contribution in [-0.2, 0) is 11.2 Å². The van der Waals surface area contributed by atoms with E-state index in [0.717, 1.165) is 35.2 Å². The van der Waals surface area contributed by atoms with Crippen molar-refractivity contribution in [3.05, 3.63) is 65.6 Å². The van der Waals surface area contributed by atoms with Gasteiger partial charge in [0, 0.05) is 36.8 Å². The summed E-state index contributed by atoms with van der Waals surface area (Å²) in [6, 6.07) is 11.9. The van der Waals surface area contributed by atoms with Crippen LogP contribution in [-0.4, -0.2) is 36.1 Å². The predicted molar refractivity (Wildman–Crippen MR) is 97.0 cm³/mol. The van der Waals surface area contributed by atoms with Gasteiger partial charge in [-0.05, 0) is 42.3 Å². The number of carbonyl (C=O) groups is 1. The Morgan fingerprint density at radius 3 is 2.80 bits per heavy atom. The summed E-state index contributed by atoms with van der Waals surface area (Å²) in [7, 11) is 1.38. The summed E-state index contributed by atoms with van der Waals surface area (Å²) < 4.78 is 4.77. The van der Waals surface area contributed by atoms with Crippen LogP contribution in [0, 0.1) is 0 Å². The number of nitrogens with zero attached hydrogens (tertiary/aromatic N) is 3. The van der Waals surface area contributed by atoms with Gasteiger partial charge in [0.1, 0.15) is 0 Å². The molecule has 0 spiro atoms. The van der Waals surface area contributed by atoms with Gasteiger partial charge in [-0.3, -0.25) is 9.97 Å². The first-order valence-electron chi connectivity index (χ1n) is 8.40. The smallest absolute Gasteiger partial charge is 0.337 e. The second-order valence-electron chi connectivity index (χ2n) is 6.27. The van der Waals surface area contributed by atoms with Crippen molar-refractivity contribution >= 4 is 22.6 Å². The van der Waals surface area contributed by atoms with E-state index in [1.807, 2.05) is 12.3 Å². The molecule has 0 amide bonds. The number of anilines is 1. The average molecular weight is 333 g/mol. The van der Waals surface area contributed by atoms with Crippen molar-refractivity contribution in [2.24, 2.45) is 0 Å². The van der Waals surface area contributed by atoms with Crippen LogP contribution >= 0.6 is 0 Å². The van der Waals surface area contributed by atoms with E-state index in [-0.39, 0.29) is 5.97 Å². The standard InChI is InChI=1S/C20H19N3O2/c1-25-20(24)15-5-6-21-17(11-15)10-14-3-4-19-16(9-14)12-18(13-22-19)23-7-2-8-23/h3-6,9,11-13H,2,7-8,10H2,1H3. The zero-order chi connectivity index (χ0) is 17.2. The predicted octanol–water partition coefficient (Wildman–Crippen LogP) is 3.22. The first-order chi connectivity index (χ1) is 12.2. The molecule has 1 saturated heterocycles. The van der Waals surface area contributed by atoms with Crippen LogP contribution < -0.4 is 4.90 Å². The van der Waals surface area contributed by atoms with Gasteiger partial charge in [-0.1, -0.05) is 6.07 Å². The topological polar surface area (TPSA) is 55.3 Å². The normalized spacial score (nSPS) is 13.6. The van der Waals surface area contributed by atoms with Gasteiger partial charge in [0.05, 0.1) is 30.1 Å². The van der Waals surface area contributed by atoms with Crippen molar-refractivity contribution in [2.75, 3.05) is 25.1 Å². The largest absolute Gasteiger partial charge is 0.465 e. The van der Waals surface area contributed by atoms with Crippen LogP contribution in [0.4, 0.5) is 5.69 Å². The Balaban J connectivity index is 1.61. The lowest BCUT2D eigenvalue weighted by molar-refractivity contribution is 0.0600. The summed E-state index contributed by atoms with van der Waals surface area (Å²) in [5.41, 5.74) is 4.68. The minimum atomic E-state index is -0.342. The molecule has 25 heavy (non-hydrogen) atoms. The van der Waals surface area contributed by atoms with E-state index in [1.54, 1.807) is 18.3 Å². The highest BCUT2D eigenvalue weighted by Crippen LogP contribution is 2.25. The van der Waals surface area contributed by atoms with Gasteiger partial charge >= 0.3 is 5.97 Å². The van der Waals surface area contributed by atoms with Crippen molar-refractivity contribution in [3.63, 3.8) is 0 Å². The maximum absolute atomic E-state index is 11.7. The van der Waals surface area contributed by atoms with Crippen molar-refractivity contribution in [1.29, 1.82) is 0 Å². The number of hydrogen-bond acceptors (Lipinski definition) is 5. The molecule has 1 aliphatic rings. The van der Waals surface area contributed by atoms with Crippen molar-refractivity contribution < 1.29 is 9.53 Å². The number of rotatable bonds is 4. The van der Waals surface area contributed by atoms with Gasteiger partial charge in [-0.15, -0.1) is 0 Å². The third-order valence-corrected chi connectivity index (χ3v) is 4.58. The van der Waals surface area contributed by atoms with E-state index in [4.69, 9.17) is 4.74 Å². The third kappa shape index (κ3) is 3.18. The number of esters is 1. The van der Waals surface area contributed by atoms with Crippen molar-refractivity contribution in [3.8, 4) is 0 Å². The van der Waals surface area contributed by atoms with Gasteiger partial charge < -0.3 is 9.64 Å². The molecule has 0 unspecified atom stereocenters. The summed E-state index contributed by atoms with van der Waals surface area (Å²) in [6.45, 7) is 2.22. The maximum Gasteiger partial charge on any atom is 0.337 e. The SMILES string of the molecule is COC(=O)c1ccnc(Cc2ccc3ncc(N4CCC4)cc3c2)c1.